The van der Waals surface area contributed by atoms with E-state index in [2.05, 4.69) is 20.6 Å². The van der Waals surface area contributed by atoms with E-state index in [1.165, 1.54) is 19.0 Å². The Morgan fingerprint density at radius 1 is 1.44 bits per heavy atom. The maximum atomic E-state index is 11.9. The van der Waals surface area contributed by atoms with Crippen molar-refractivity contribution in [1.82, 2.24) is 15.2 Å². The summed E-state index contributed by atoms with van der Waals surface area (Å²) in [6, 6.07) is 1.68. The third-order valence-corrected chi connectivity index (χ3v) is 3.13. The number of carbonyl (C=O) groups excluding carboxylic acids is 1. The summed E-state index contributed by atoms with van der Waals surface area (Å²) in [4.78, 5) is 18.2. The summed E-state index contributed by atoms with van der Waals surface area (Å²) in [6.07, 6.45) is 5.63. The number of nitrogens with two attached hydrogens (primary N) is 1. The second-order valence-corrected chi connectivity index (χ2v) is 4.37. The largest absolute Gasteiger partial charge is 0.351 e. The Balaban J connectivity index is 1.83. The summed E-state index contributed by atoms with van der Waals surface area (Å²) < 4.78 is 0. The number of pyridine rings is 1. The van der Waals surface area contributed by atoms with E-state index >= 15 is 0 Å². The predicted molar refractivity (Wildman–Crippen MR) is 70.1 cm³/mol. The molecular weight excluding hydrogens is 230 g/mol. The van der Waals surface area contributed by atoms with Crippen molar-refractivity contribution in [2.75, 3.05) is 31.6 Å². The number of aromatic nitrogens is 1. The molecule has 4 N–H and O–H groups in total. The molecule has 1 amide bonds. The molecule has 0 bridgehead atoms. The Kier molecular flexibility index (Phi) is 4.49. The van der Waals surface area contributed by atoms with Gasteiger partial charge in [-0.2, -0.15) is 0 Å². The minimum atomic E-state index is -0.143. The maximum absolute atomic E-state index is 11.9. The Labute approximate surface area is 107 Å². The van der Waals surface area contributed by atoms with Gasteiger partial charge in [0.25, 0.3) is 5.91 Å². The van der Waals surface area contributed by atoms with Gasteiger partial charge >= 0.3 is 0 Å². The first-order valence-electron chi connectivity index (χ1n) is 6.22. The SMILES string of the molecule is NNc1ccncc1C(=O)NCCN1CCCC1. The van der Waals surface area contributed by atoms with E-state index in [-0.39, 0.29) is 5.91 Å². The van der Waals surface area contributed by atoms with Gasteiger partial charge in [0.2, 0.25) is 0 Å². The first-order chi connectivity index (χ1) is 8.81. The van der Waals surface area contributed by atoms with Crippen molar-refractivity contribution in [1.29, 1.82) is 0 Å². The molecule has 1 saturated heterocycles. The van der Waals surface area contributed by atoms with E-state index in [1.807, 2.05) is 0 Å². The van der Waals surface area contributed by atoms with E-state index in [4.69, 9.17) is 5.84 Å². The molecule has 1 aromatic heterocycles. The molecule has 18 heavy (non-hydrogen) atoms. The third-order valence-electron chi connectivity index (χ3n) is 3.13. The lowest BCUT2D eigenvalue weighted by atomic mass is 10.2. The topological polar surface area (TPSA) is 83.3 Å². The second-order valence-electron chi connectivity index (χ2n) is 4.37. The van der Waals surface area contributed by atoms with Crippen molar-refractivity contribution in [2.24, 2.45) is 5.84 Å². The first kappa shape index (κ1) is 12.8. The average Bonchev–Trinajstić information content (AvgIpc) is 2.91. The van der Waals surface area contributed by atoms with Gasteiger partial charge in [0.1, 0.15) is 0 Å². The predicted octanol–water partition coefficient (Wildman–Crippen LogP) is 0.193. The number of nitrogens with one attached hydrogen (secondary N) is 2. The molecule has 0 radical (unpaired) electrons. The number of anilines is 1. The van der Waals surface area contributed by atoms with Crippen molar-refractivity contribution < 1.29 is 4.79 Å². The van der Waals surface area contributed by atoms with Gasteiger partial charge in [0, 0.05) is 25.5 Å². The van der Waals surface area contributed by atoms with Gasteiger partial charge in [-0.15, -0.1) is 0 Å². The summed E-state index contributed by atoms with van der Waals surface area (Å²) >= 11 is 0. The van der Waals surface area contributed by atoms with Gasteiger partial charge in [-0.25, -0.2) is 0 Å². The molecule has 2 heterocycles. The normalized spacial score (nSPS) is 15.6. The lowest BCUT2D eigenvalue weighted by Gasteiger charge is -2.15. The van der Waals surface area contributed by atoms with Crippen LogP contribution in [-0.4, -0.2) is 42.0 Å². The van der Waals surface area contributed by atoms with Gasteiger partial charge in [0.05, 0.1) is 11.3 Å². The van der Waals surface area contributed by atoms with E-state index in [0.717, 1.165) is 19.6 Å². The van der Waals surface area contributed by atoms with Crippen LogP contribution in [0.4, 0.5) is 5.69 Å². The van der Waals surface area contributed by atoms with Crippen LogP contribution in [0.15, 0.2) is 18.5 Å². The Bertz CT molecular complexity index is 403. The molecule has 98 valence electrons. The molecule has 1 aliphatic heterocycles. The molecule has 0 atom stereocenters. The van der Waals surface area contributed by atoms with Crippen molar-refractivity contribution >= 4 is 11.6 Å². The fraction of sp³-hybridized carbons (Fsp3) is 0.500. The number of hydrogen-bond acceptors (Lipinski definition) is 5. The van der Waals surface area contributed by atoms with Gasteiger partial charge in [-0.3, -0.25) is 15.6 Å². The van der Waals surface area contributed by atoms with Gasteiger partial charge in [-0.05, 0) is 32.0 Å². The number of rotatable bonds is 5. The summed E-state index contributed by atoms with van der Waals surface area (Å²) in [6.45, 7) is 3.83. The minimum absolute atomic E-state index is 0.143. The van der Waals surface area contributed by atoms with Crippen LogP contribution in [0.5, 0.6) is 0 Å². The van der Waals surface area contributed by atoms with Crippen LogP contribution >= 0.6 is 0 Å². The molecule has 0 spiro atoms. The molecule has 0 aromatic carbocycles. The Morgan fingerprint density at radius 2 is 2.22 bits per heavy atom. The van der Waals surface area contributed by atoms with Crippen molar-refractivity contribution in [3.63, 3.8) is 0 Å². The third kappa shape index (κ3) is 3.18. The summed E-state index contributed by atoms with van der Waals surface area (Å²) in [5.74, 6) is 5.21. The van der Waals surface area contributed by atoms with E-state index in [9.17, 15) is 4.79 Å². The van der Waals surface area contributed by atoms with Crippen LogP contribution in [-0.2, 0) is 0 Å². The zero-order valence-corrected chi connectivity index (χ0v) is 10.4. The smallest absolute Gasteiger partial charge is 0.255 e. The molecule has 0 aliphatic carbocycles. The lowest BCUT2D eigenvalue weighted by molar-refractivity contribution is 0.0950. The molecule has 6 nitrogen and oxygen atoms in total. The van der Waals surface area contributed by atoms with Crippen molar-refractivity contribution in [2.45, 2.75) is 12.8 Å². The van der Waals surface area contributed by atoms with Gasteiger partial charge in [0.15, 0.2) is 0 Å². The van der Waals surface area contributed by atoms with E-state index in [1.54, 1.807) is 12.3 Å². The molecule has 0 saturated carbocycles. The number of carbonyl (C=O) groups is 1. The fourth-order valence-corrected chi connectivity index (χ4v) is 2.13. The molecular formula is C12H19N5O. The second kappa shape index (κ2) is 6.32. The highest BCUT2D eigenvalue weighted by Gasteiger charge is 2.13. The molecule has 1 aromatic rings. The van der Waals surface area contributed by atoms with Crippen molar-refractivity contribution in [3.05, 3.63) is 24.0 Å². The summed E-state index contributed by atoms with van der Waals surface area (Å²) in [7, 11) is 0. The molecule has 1 fully saturated rings. The lowest BCUT2D eigenvalue weighted by Crippen LogP contribution is -2.34. The van der Waals surface area contributed by atoms with Crippen LogP contribution in [0.1, 0.15) is 23.2 Å². The van der Waals surface area contributed by atoms with Crippen LogP contribution in [0.2, 0.25) is 0 Å². The number of likely N-dealkylation sites (tertiary alicyclic amines) is 1. The van der Waals surface area contributed by atoms with E-state index in [0.29, 0.717) is 17.8 Å². The zero-order valence-electron chi connectivity index (χ0n) is 10.4. The number of hydrazine groups is 1. The standard InChI is InChI=1S/C12H19N5O/c13-16-11-3-4-14-9-10(11)12(18)15-5-8-17-6-1-2-7-17/h3-4,9H,1-2,5-8,13H2,(H,14,16)(H,15,18). The average molecular weight is 249 g/mol. The van der Waals surface area contributed by atoms with Crippen LogP contribution in [0, 0.1) is 0 Å². The first-order valence-corrected chi connectivity index (χ1v) is 6.22. The number of hydrogen-bond donors (Lipinski definition) is 3. The quantitative estimate of drug-likeness (QED) is 0.512. The molecule has 0 unspecified atom stereocenters. The van der Waals surface area contributed by atoms with Crippen molar-refractivity contribution in [3.8, 4) is 0 Å². The Morgan fingerprint density at radius 3 is 2.94 bits per heavy atom. The summed E-state index contributed by atoms with van der Waals surface area (Å²) in [5.41, 5.74) is 3.56. The number of nitrogen functional groups attached to an aromatic ring is 1. The van der Waals surface area contributed by atoms with Gasteiger partial charge in [-0.1, -0.05) is 0 Å². The zero-order chi connectivity index (χ0) is 12.8. The molecule has 6 heteroatoms. The monoisotopic (exact) mass is 249 g/mol. The van der Waals surface area contributed by atoms with Gasteiger partial charge < -0.3 is 15.6 Å². The maximum Gasteiger partial charge on any atom is 0.255 e. The molecule has 2 rings (SSSR count). The Hall–Kier alpha value is -1.66. The highest BCUT2D eigenvalue weighted by molar-refractivity contribution is 5.99. The minimum Gasteiger partial charge on any atom is -0.351 e. The van der Waals surface area contributed by atoms with Crippen LogP contribution < -0.4 is 16.6 Å². The number of nitrogens with zero attached hydrogens (tertiary/aromatic N) is 2. The summed E-state index contributed by atoms with van der Waals surface area (Å²) in [5, 5.41) is 2.88. The van der Waals surface area contributed by atoms with Crippen LogP contribution in [0.25, 0.3) is 0 Å². The highest BCUT2D eigenvalue weighted by Crippen LogP contribution is 2.11. The highest BCUT2D eigenvalue weighted by atomic mass is 16.1. The van der Waals surface area contributed by atoms with E-state index < -0.39 is 0 Å². The molecule has 1 aliphatic rings. The fourth-order valence-electron chi connectivity index (χ4n) is 2.13. The van der Waals surface area contributed by atoms with Crippen LogP contribution in [0.3, 0.4) is 0 Å². The number of amides is 1.